The van der Waals surface area contributed by atoms with E-state index in [1.807, 2.05) is 13.0 Å². The Bertz CT molecular complexity index is 343. The molecule has 1 aliphatic carbocycles. The first-order valence-corrected chi connectivity index (χ1v) is 7.79. The number of esters is 1. The molecule has 0 amide bonds. The summed E-state index contributed by atoms with van der Waals surface area (Å²) >= 11 is 0. The summed E-state index contributed by atoms with van der Waals surface area (Å²) in [5.74, 6) is 1.26. The molecular formula is C17H26O2. The first-order chi connectivity index (χ1) is 9.25. The van der Waals surface area contributed by atoms with E-state index in [0.29, 0.717) is 11.8 Å². The van der Waals surface area contributed by atoms with Crippen molar-refractivity contribution >= 4 is 5.97 Å². The van der Waals surface area contributed by atoms with Crippen LogP contribution in [0.2, 0.25) is 0 Å². The largest absolute Gasteiger partial charge is 0.460 e. The summed E-state index contributed by atoms with van der Waals surface area (Å²) in [4.78, 5) is 11.6. The molecule has 0 aromatic heterocycles. The summed E-state index contributed by atoms with van der Waals surface area (Å²) in [5.41, 5.74) is 0. The maximum absolute atomic E-state index is 11.6. The molecule has 0 radical (unpaired) electrons. The molecule has 2 rings (SSSR count). The molecule has 0 aromatic carbocycles. The van der Waals surface area contributed by atoms with E-state index in [1.165, 1.54) is 25.7 Å². The van der Waals surface area contributed by atoms with E-state index in [1.54, 1.807) is 6.08 Å². The highest BCUT2D eigenvalue weighted by atomic mass is 16.5. The Morgan fingerprint density at radius 2 is 1.95 bits per heavy atom. The minimum atomic E-state index is -0.174. The molecule has 2 nitrogen and oxygen atoms in total. The van der Waals surface area contributed by atoms with Gasteiger partial charge >= 0.3 is 5.97 Å². The Labute approximate surface area is 116 Å². The Morgan fingerprint density at radius 3 is 2.84 bits per heavy atom. The van der Waals surface area contributed by atoms with Gasteiger partial charge in [0.2, 0.25) is 0 Å². The van der Waals surface area contributed by atoms with Gasteiger partial charge in [0, 0.05) is 6.08 Å². The summed E-state index contributed by atoms with van der Waals surface area (Å²) in [6, 6.07) is 0. The lowest BCUT2D eigenvalue weighted by Gasteiger charge is -2.28. The first kappa shape index (κ1) is 14.4. The molecule has 0 bridgehead atoms. The third-order valence-corrected chi connectivity index (χ3v) is 4.34. The lowest BCUT2D eigenvalue weighted by Crippen LogP contribution is -2.17. The normalized spacial score (nSPS) is 36.9. The van der Waals surface area contributed by atoms with Gasteiger partial charge in [-0.05, 0) is 57.3 Å². The number of ether oxygens (including phenoxy) is 1. The van der Waals surface area contributed by atoms with Gasteiger partial charge in [-0.1, -0.05) is 31.1 Å². The fourth-order valence-electron chi connectivity index (χ4n) is 3.21. The third kappa shape index (κ3) is 4.85. The first-order valence-electron chi connectivity index (χ1n) is 7.79. The second-order valence-electron chi connectivity index (χ2n) is 5.95. The van der Waals surface area contributed by atoms with Crippen molar-refractivity contribution in [3.8, 4) is 0 Å². The minimum Gasteiger partial charge on any atom is -0.460 e. The van der Waals surface area contributed by atoms with Crippen LogP contribution >= 0.6 is 0 Å². The molecule has 0 spiro atoms. The molecule has 1 aliphatic heterocycles. The van der Waals surface area contributed by atoms with Gasteiger partial charge in [-0.3, -0.25) is 0 Å². The molecule has 19 heavy (non-hydrogen) atoms. The maximum Gasteiger partial charge on any atom is 0.330 e. The Kier molecular flexibility index (Phi) is 5.68. The number of hydrogen-bond donors (Lipinski definition) is 0. The minimum absolute atomic E-state index is 0.0357. The van der Waals surface area contributed by atoms with Crippen molar-refractivity contribution in [1.29, 1.82) is 0 Å². The molecule has 0 aromatic rings. The van der Waals surface area contributed by atoms with Gasteiger partial charge in [-0.2, -0.15) is 0 Å². The highest BCUT2D eigenvalue weighted by Crippen LogP contribution is 2.33. The van der Waals surface area contributed by atoms with Crippen LogP contribution in [0.4, 0.5) is 0 Å². The second-order valence-corrected chi connectivity index (χ2v) is 5.95. The number of allylic oxidation sites excluding steroid dienone is 3. The summed E-state index contributed by atoms with van der Waals surface area (Å²) in [5, 5.41) is 0. The van der Waals surface area contributed by atoms with Gasteiger partial charge in [0.05, 0.1) is 6.10 Å². The van der Waals surface area contributed by atoms with Gasteiger partial charge in [0.15, 0.2) is 0 Å². The van der Waals surface area contributed by atoms with E-state index in [-0.39, 0.29) is 12.1 Å². The number of carbonyl (C=O) groups excluding carboxylic acids is 1. The van der Waals surface area contributed by atoms with E-state index in [2.05, 4.69) is 12.2 Å². The van der Waals surface area contributed by atoms with Crippen LogP contribution in [-0.4, -0.2) is 12.1 Å². The molecule has 3 atom stereocenters. The summed E-state index contributed by atoms with van der Waals surface area (Å²) in [7, 11) is 0. The molecule has 0 saturated heterocycles. The number of rotatable bonds is 0. The zero-order chi connectivity index (χ0) is 13.5. The molecule has 1 heterocycles. The predicted octanol–water partition coefficient (Wildman–Crippen LogP) is 4.41. The van der Waals surface area contributed by atoms with Crippen LogP contribution in [0.5, 0.6) is 0 Å². The van der Waals surface area contributed by atoms with Crippen molar-refractivity contribution < 1.29 is 9.53 Å². The predicted molar refractivity (Wildman–Crippen MR) is 77.8 cm³/mol. The van der Waals surface area contributed by atoms with Crippen LogP contribution in [0.25, 0.3) is 0 Å². The highest BCUT2D eigenvalue weighted by molar-refractivity contribution is 5.82. The zero-order valence-corrected chi connectivity index (χ0v) is 12.0. The summed E-state index contributed by atoms with van der Waals surface area (Å²) in [6.45, 7) is 1.98. The van der Waals surface area contributed by atoms with E-state index in [0.717, 1.165) is 25.7 Å². The van der Waals surface area contributed by atoms with Gasteiger partial charge in [0.1, 0.15) is 0 Å². The third-order valence-electron chi connectivity index (χ3n) is 4.34. The second kappa shape index (κ2) is 7.52. The van der Waals surface area contributed by atoms with Crippen molar-refractivity contribution in [2.75, 3.05) is 0 Å². The Balaban J connectivity index is 2.01. The monoisotopic (exact) mass is 262 g/mol. The SMILES string of the molecule is C[C@H]1CCC/C=C/C2CCCCC2C/C=C/C(=O)O1. The molecular weight excluding hydrogens is 236 g/mol. The standard InChI is InChI=1S/C17H26O2/c1-14-8-3-2-4-9-15-10-5-6-11-16(15)12-7-13-17(18)19-14/h4,7,9,13-16H,2-3,5-6,8,10-12H2,1H3/b9-4+,13-7+/t14-,15?,16?/m0/s1. The molecule has 0 N–H and O–H groups in total. The van der Waals surface area contributed by atoms with Gasteiger partial charge in [0.25, 0.3) is 0 Å². The fourth-order valence-corrected chi connectivity index (χ4v) is 3.21. The number of cyclic esters (lactones) is 1. The van der Waals surface area contributed by atoms with Crippen LogP contribution in [0.1, 0.15) is 58.3 Å². The van der Waals surface area contributed by atoms with Crippen molar-refractivity contribution in [3.63, 3.8) is 0 Å². The number of hydrogen-bond acceptors (Lipinski definition) is 2. The summed E-state index contributed by atoms with van der Waals surface area (Å²) in [6.07, 6.45) is 17.9. The Hall–Kier alpha value is -1.05. The van der Waals surface area contributed by atoms with E-state index >= 15 is 0 Å². The van der Waals surface area contributed by atoms with Crippen LogP contribution in [0.15, 0.2) is 24.3 Å². The van der Waals surface area contributed by atoms with E-state index in [4.69, 9.17) is 4.74 Å². The average Bonchev–Trinajstić information content (AvgIpc) is 2.40. The molecule has 2 unspecified atom stereocenters. The van der Waals surface area contributed by atoms with Gasteiger partial charge < -0.3 is 4.74 Å². The lowest BCUT2D eigenvalue weighted by molar-refractivity contribution is -0.142. The molecule has 2 aliphatic rings. The molecule has 1 fully saturated rings. The fraction of sp³-hybridized carbons (Fsp3) is 0.706. The van der Waals surface area contributed by atoms with Crippen molar-refractivity contribution in [3.05, 3.63) is 24.3 Å². The van der Waals surface area contributed by atoms with Crippen molar-refractivity contribution in [2.24, 2.45) is 11.8 Å². The van der Waals surface area contributed by atoms with Gasteiger partial charge in [-0.15, -0.1) is 0 Å². The Morgan fingerprint density at radius 1 is 1.11 bits per heavy atom. The topological polar surface area (TPSA) is 26.3 Å². The summed E-state index contributed by atoms with van der Waals surface area (Å²) < 4.78 is 5.35. The van der Waals surface area contributed by atoms with Crippen LogP contribution in [0.3, 0.4) is 0 Å². The average molecular weight is 262 g/mol. The smallest absolute Gasteiger partial charge is 0.330 e. The van der Waals surface area contributed by atoms with Crippen LogP contribution < -0.4 is 0 Å². The van der Waals surface area contributed by atoms with E-state index in [9.17, 15) is 4.79 Å². The maximum atomic E-state index is 11.6. The van der Waals surface area contributed by atoms with Gasteiger partial charge in [-0.25, -0.2) is 4.79 Å². The van der Waals surface area contributed by atoms with E-state index < -0.39 is 0 Å². The number of carbonyl (C=O) groups is 1. The van der Waals surface area contributed by atoms with Crippen LogP contribution in [-0.2, 0) is 9.53 Å². The van der Waals surface area contributed by atoms with Crippen molar-refractivity contribution in [1.82, 2.24) is 0 Å². The molecule has 2 heteroatoms. The van der Waals surface area contributed by atoms with Crippen LogP contribution in [0, 0.1) is 11.8 Å². The molecule has 1 saturated carbocycles. The number of fused-ring (bicyclic) bond motifs is 1. The zero-order valence-electron chi connectivity index (χ0n) is 12.0. The lowest BCUT2D eigenvalue weighted by atomic mass is 9.77. The van der Waals surface area contributed by atoms with Crippen molar-refractivity contribution in [2.45, 2.75) is 64.4 Å². The quantitative estimate of drug-likeness (QED) is 0.477. The highest BCUT2D eigenvalue weighted by Gasteiger charge is 2.22. The molecule has 106 valence electrons.